The van der Waals surface area contributed by atoms with Crippen LogP contribution >= 0.6 is 11.8 Å². The zero-order valence-corrected chi connectivity index (χ0v) is 19.5. The first kappa shape index (κ1) is 23.5. The third-order valence-corrected chi connectivity index (χ3v) is 6.01. The van der Waals surface area contributed by atoms with E-state index < -0.39 is 16.4 Å². The Morgan fingerprint density at radius 1 is 1.05 bits per heavy atom. The number of hydrogen-bond acceptors (Lipinski definition) is 10. The van der Waals surface area contributed by atoms with E-state index >= 15 is 0 Å². The summed E-state index contributed by atoms with van der Waals surface area (Å²) in [5, 5.41) is 27.2. The first-order chi connectivity index (χ1) is 18.0. The van der Waals surface area contributed by atoms with Crippen LogP contribution in [0.2, 0.25) is 0 Å². The number of nitrogens with one attached hydrogen (secondary N) is 1. The van der Waals surface area contributed by atoms with Crippen molar-refractivity contribution in [2.45, 2.75) is 10.2 Å². The van der Waals surface area contributed by atoms with Crippen LogP contribution in [0.3, 0.4) is 0 Å². The highest BCUT2D eigenvalue weighted by Gasteiger charge is 2.17. The zero-order valence-electron chi connectivity index (χ0n) is 18.7. The highest BCUT2D eigenvalue weighted by Crippen LogP contribution is 2.27. The number of nitro benzene ring substituents is 1. The van der Waals surface area contributed by atoms with Gasteiger partial charge >= 0.3 is 0 Å². The third kappa shape index (κ3) is 4.94. The van der Waals surface area contributed by atoms with Crippen molar-refractivity contribution >= 4 is 35.2 Å². The number of para-hydroxylation sites is 1. The lowest BCUT2D eigenvalue weighted by Gasteiger charge is -2.08. The van der Waals surface area contributed by atoms with E-state index in [4.69, 9.17) is 0 Å². The Kier molecular flexibility index (Phi) is 6.46. The maximum atomic E-state index is 13.3. The van der Waals surface area contributed by atoms with Crippen LogP contribution in [0.25, 0.3) is 11.3 Å². The zero-order chi connectivity index (χ0) is 25.8. The lowest BCUT2D eigenvalue weighted by atomic mass is 10.2. The molecule has 0 aliphatic rings. The summed E-state index contributed by atoms with van der Waals surface area (Å²) in [6.07, 6.45) is 2.76. The van der Waals surface area contributed by atoms with E-state index in [-0.39, 0.29) is 21.8 Å². The van der Waals surface area contributed by atoms with Gasteiger partial charge in [0.15, 0.2) is 0 Å². The molecule has 5 rings (SSSR count). The number of tetrazole rings is 1. The summed E-state index contributed by atoms with van der Waals surface area (Å²) in [7, 11) is 0. The number of amides is 1. The number of nitrogens with zero attached hydrogens (tertiary/aromatic N) is 8. The maximum Gasteiger partial charge on any atom is 0.271 e. The smallest absolute Gasteiger partial charge is 0.268 e. The molecule has 5 aromatic rings. The molecule has 0 aliphatic heterocycles. The van der Waals surface area contributed by atoms with Crippen LogP contribution in [-0.2, 0) is 0 Å². The predicted octanol–water partition coefficient (Wildman–Crippen LogP) is 2.49. The normalized spacial score (nSPS) is 11.1. The van der Waals surface area contributed by atoms with E-state index in [1.54, 1.807) is 24.4 Å². The molecule has 0 radical (unpaired) electrons. The van der Waals surface area contributed by atoms with Gasteiger partial charge in [-0.15, -0.1) is 5.10 Å². The van der Waals surface area contributed by atoms with Crippen LogP contribution in [0.5, 0.6) is 0 Å². The highest BCUT2D eigenvalue weighted by molar-refractivity contribution is 7.99. The molecular weight excluding hydrogens is 498 g/mol. The first-order valence-corrected chi connectivity index (χ1v) is 11.4. The summed E-state index contributed by atoms with van der Waals surface area (Å²) in [6, 6.07) is 19.4. The van der Waals surface area contributed by atoms with Gasteiger partial charge in [-0.1, -0.05) is 24.3 Å². The minimum atomic E-state index is -0.609. The molecule has 0 fully saturated rings. The van der Waals surface area contributed by atoms with Gasteiger partial charge in [0, 0.05) is 23.9 Å². The summed E-state index contributed by atoms with van der Waals surface area (Å²) < 4.78 is 2.86. The van der Waals surface area contributed by atoms with Gasteiger partial charge in [-0.3, -0.25) is 24.1 Å². The fourth-order valence-electron chi connectivity index (χ4n) is 3.29. The van der Waals surface area contributed by atoms with Crippen LogP contribution in [0.15, 0.2) is 99.1 Å². The molecule has 37 heavy (non-hydrogen) atoms. The predicted molar refractivity (Wildman–Crippen MR) is 133 cm³/mol. The second kappa shape index (κ2) is 10.2. The van der Waals surface area contributed by atoms with E-state index in [9.17, 15) is 19.7 Å². The minimum absolute atomic E-state index is 0.0975. The number of fused-ring (bicyclic) bond motifs is 1. The molecule has 0 atom stereocenters. The Morgan fingerprint density at radius 3 is 2.57 bits per heavy atom. The average molecular weight is 513 g/mol. The Balaban J connectivity index is 1.47. The number of nitro groups is 1. The monoisotopic (exact) mass is 513 g/mol. The van der Waals surface area contributed by atoms with Gasteiger partial charge in [-0.25, -0.2) is 10.4 Å². The van der Waals surface area contributed by atoms with Gasteiger partial charge in [0.25, 0.3) is 17.2 Å². The molecule has 182 valence electrons. The molecule has 3 heterocycles. The van der Waals surface area contributed by atoms with Crippen molar-refractivity contribution in [1.29, 1.82) is 0 Å². The van der Waals surface area contributed by atoms with Crippen molar-refractivity contribution in [3.63, 3.8) is 0 Å². The van der Waals surface area contributed by atoms with E-state index in [1.165, 1.54) is 39.6 Å². The van der Waals surface area contributed by atoms with Crippen molar-refractivity contribution in [1.82, 2.24) is 35.0 Å². The Bertz CT molecular complexity index is 1700. The molecule has 14 heteroatoms. The van der Waals surface area contributed by atoms with E-state index in [0.717, 1.165) is 17.4 Å². The van der Waals surface area contributed by atoms with Gasteiger partial charge in [-0.05, 0) is 58.6 Å². The highest BCUT2D eigenvalue weighted by atomic mass is 32.2. The fraction of sp³-hybridized carbons (Fsp3) is 0. The maximum absolute atomic E-state index is 13.3. The topological polar surface area (TPSA) is 163 Å². The molecule has 0 saturated carbocycles. The van der Waals surface area contributed by atoms with Gasteiger partial charge in [-0.2, -0.15) is 9.78 Å². The van der Waals surface area contributed by atoms with E-state index in [2.05, 4.69) is 31.0 Å². The average Bonchev–Trinajstić information content (AvgIpc) is 3.39. The van der Waals surface area contributed by atoms with Crippen molar-refractivity contribution in [2.75, 3.05) is 0 Å². The van der Waals surface area contributed by atoms with Crippen LogP contribution in [0.4, 0.5) is 5.69 Å². The lowest BCUT2D eigenvalue weighted by Crippen LogP contribution is -2.23. The molecule has 0 spiro atoms. The SMILES string of the molecule is O=C(N/N=C/c1c(Sc2nnnn2-c2ccccc2)nc2ccccn2c1=O)c1ccc([N+](=O)[O-])cc1. The minimum Gasteiger partial charge on any atom is -0.268 e. The van der Waals surface area contributed by atoms with Gasteiger partial charge < -0.3 is 0 Å². The number of hydrazone groups is 1. The van der Waals surface area contributed by atoms with Crippen molar-refractivity contribution in [3.05, 3.63) is 111 Å². The molecule has 1 amide bonds. The molecule has 1 N–H and O–H groups in total. The molecule has 13 nitrogen and oxygen atoms in total. The number of pyridine rings is 1. The number of carbonyl (C=O) groups excluding carboxylic acids is 1. The number of aromatic nitrogens is 6. The molecular formula is C23H15N9O4S. The first-order valence-electron chi connectivity index (χ1n) is 10.6. The van der Waals surface area contributed by atoms with Crippen molar-refractivity contribution < 1.29 is 9.72 Å². The van der Waals surface area contributed by atoms with E-state index in [1.807, 2.05) is 30.3 Å². The number of benzene rings is 2. The van der Waals surface area contributed by atoms with E-state index in [0.29, 0.717) is 10.8 Å². The van der Waals surface area contributed by atoms with Gasteiger partial charge in [0.1, 0.15) is 10.7 Å². The molecule has 0 saturated heterocycles. The van der Waals surface area contributed by atoms with Gasteiger partial charge in [0.2, 0.25) is 5.16 Å². The standard InChI is InChI=1S/C23H15N9O4S/c33-20(15-9-11-17(12-10-15)32(35)36)26-24-14-18-21(25-19-8-4-5-13-30(19)22(18)34)37-23-27-28-29-31(23)16-6-2-1-3-7-16/h1-14H,(H,26,33)/b24-14+. The van der Waals surface area contributed by atoms with Crippen molar-refractivity contribution in [3.8, 4) is 5.69 Å². The lowest BCUT2D eigenvalue weighted by molar-refractivity contribution is -0.384. The van der Waals surface area contributed by atoms with Crippen LogP contribution in [0, 0.1) is 10.1 Å². The third-order valence-electron chi connectivity index (χ3n) is 5.06. The fourth-order valence-corrected chi connectivity index (χ4v) is 4.15. The summed E-state index contributed by atoms with van der Waals surface area (Å²) in [6.45, 7) is 0. The van der Waals surface area contributed by atoms with Crippen LogP contribution in [0.1, 0.15) is 15.9 Å². The Hall–Kier alpha value is -5.24. The summed E-state index contributed by atoms with van der Waals surface area (Å²) in [5.74, 6) is -0.609. The molecule has 0 bridgehead atoms. The number of carbonyl (C=O) groups is 1. The number of hydrogen-bond donors (Lipinski definition) is 1. The molecule has 0 aliphatic carbocycles. The Labute approximate surface area is 211 Å². The second-order valence-corrected chi connectivity index (χ2v) is 8.33. The number of non-ortho nitro benzene ring substituents is 1. The molecule has 3 aromatic heterocycles. The molecule has 0 unspecified atom stereocenters. The van der Waals surface area contributed by atoms with Crippen LogP contribution < -0.4 is 11.0 Å². The summed E-state index contributed by atoms with van der Waals surface area (Å²) in [5.41, 5.74) is 3.15. The van der Waals surface area contributed by atoms with Crippen LogP contribution in [-0.4, -0.2) is 46.6 Å². The summed E-state index contributed by atoms with van der Waals surface area (Å²) >= 11 is 1.07. The quantitative estimate of drug-likeness (QED) is 0.149. The van der Waals surface area contributed by atoms with Gasteiger partial charge in [0.05, 0.1) is 22.4 Å². The van der Waals surface area contributed by atoms with Crippen molar-refractivity contribution in [2.24, 2.45) is 5.10 Å². The Morgan fingerprint density at radius 2 is 1.81 bits per heavy atom. The second-order valence-electron chi connectivity index (χ2n) is 7.38. The molecule has 2 aromatic carbocycles. The number of rotatable bonds is 7. The summed E-state index contributed by atoms with van der Waals surface area (Å²) in [4.78, 5) is 40.5. The largest absolute Gasteiger partial charge is 0.271 e.